The monoisotopic (exact) mass is 383 g/mol. The minimum atomic E-state index is -0.301. The molecule has 0 spiro atoms. The van der Waals surface area contributed by atoms with Gasteiger partial charge < -0.3 is 14.9 Å². The fourth-order valence-electron chi connectivity index (χ4n) is 3.62. The summed E-state index contributed by atoms with van der Waals surface area (Å²) in [4.78, 5) is 21.7. The van der Waals surface area contributed by atoms with Gasteiger partial charge in [0.05, 0.1) is 16.0 Å². The molecule has 1 fully saturated rings. The Morgan fingerprint density at radius 3 is 2.56 bits per heavy atom. The summed E-state index contributed by atoms with van der Waals surface area (Å²) in [5, 5.41) is 11.2. The number of aromatic nitrogens is 2. The van der Waals surface area contributed by atoms with Gasteiger partial charge in [0.2, 0.25) is 0 Å². The Balaban J connectivity index is 1.35. The predicted octanol–water partition coefficient (Wildman–Crippen LogP) is 3.50. The Morgan fingerprint density at radius 2 is 1.78 bits per heavy atom. The zero-order chi connectivity index (χ0) is 18.8. The maximum atomic E-state index is 11.2. The van der Waals surface area contributed by atoms with Crippen molar-refractivity contribution >= 4 is 34.6 Å². The second kappa shape index (κ2) is 7.50. The Bertz CT molecular complexity index is 1020. The van der Waals surface area contributed by atoms with Gasteiger partial charge >= 0.3 is 0 Å². The smallest absolute Gasteiger partial charge is 0.292 e. The van der Waals surface area contributed by atoms with E-state index >= 15 is 0 Å². The summed E-state index contributed by atoms with van der Waals surface area (Å²) >= 11 is 5.13. The molecule has 1 aliphatic heterocycles. The third-order valence-corrected chi connectivity index (χ3v) is 5.29. The van der Waals surface area contributed by atoms with E-state index in [1.165, 1.54) is 5.56 Å². The molecule has 0 radical (unpaired) electrons. The molecule has 140 valence electrons. The lowest BCUT2D eigenvalue weighted by Gasteiger charge is -2.35. The number of nitrogens with zero attached hydrogens (tertiary/aromatic N) is 3. The fraction of sp³-hybridized carbons (Fsp3) is 0.316. The van der Waals surface area contributed by atoms with Crippen LogP contribution in [0.15, 0.2) is 42.5 Å². The highest BCUT2D eigenvalue weighted by Crippen LogP contribution is 2.28. The maximum absolute atomic E-state index is 11.2. The Labute approximate surface area is 161 Å². The summed E-state index contributed by atoms with van der Waals surface area (Å²) in [5.74, 6) is 0. The zero-order valence-corrected chi connectivity index (χ0v) is 15.7. The van der Waals surface area contributed by atoms with Crippen LogP contribution in [0, 0.1) is 14.9 Å². The highest BCUT2D eigenvalue weighted by Gasteiger charge is 2.22. The number of aromatic amines is 2. The van der Waals surface area contributed by atoms with Gasteiger partial charge in [0.1, 0.15) is 5.69 Å². The molecule has 27 heavy (non-hydrogen) atoms. The van der Waals surface area contributed by atoms with Crippen LogP contribution in [0.25, 0.3) is 11.0 Å². The molecule has 2 N–H and O–H groups in total. The molecule has 3 aromatic rings. The van der Waals surface area contributed by atoms with E-state index in [4.69, 9.17) is 12.2 Å². The molecule has 0 atom stereocenters. The van der Waals surface area contributed by atoms with Crippen molar-refractivity contribution in [2.75, 3.05) is 37.6 Å². The Morgan fingerprint density at radius 1 is 1.04 bits per heavy atom. The lowest BCUT2D eigenvalue weighted by molar-refractivity contribution is -0.384. The standard InChI is InChI=1S/C19H21N5O2S/c25-24(26)18-4-2-1-3-17(18)23-11-9-22(10-12-23)8-7-14-5-6-15-16(13-14)21-19(27)20-15/h1-6,13H,7-12H2,(H2,20,21,27). The molecule has 4 rings (SSSR count). The van der Waals surface area contributed by atoms with E-state index in [0.717, 1.165) is 55.9 Å². The third kappa shape index (κ3) is 3.86. The van der Waals surface area contributed by atoms with E-state index in [2.05, 4.69) is 38.0 Å². The van der Waals surface area contributed by atoms with E-state index in [1.54, 1.807) is 12.1 Å². The van der Waals surface area contributed by atoms with Crippen LogP contribution in [0.3, 0.4) is 0 Å². The van der Waals surface area contributed by atoms with Crippen LogP contribution in [-0.4, -0.2) is 52.5 Å². The van der Waals surface area contributed by atoms with Crippen LogP contribution in [0.5, 0.6) is 0 Å². The molecule has 8 heteroatoms. The van der Waals surface area contributed by atoms with Crippen LogP contribution >= 0.6 is 12.2 Å². The molecule has 1 aliphatic rings. The number of imidazole rings is 1. The number of benzene rings is 2. The number of rotatable bonds is 5. The Kier molecular flexibility index (Phi) is 4.91. The number of nitro benzene ring substituents is 1. The highest BCUT2D eigenvalue weighted by atomic mass is 32.1. The number of para-hydroxylation sites is 2. The molecular weight excluding hydrogens is 362 g/mol. The van der Waals surface area contributed by atoms with Crippen molar-refractivity contribution in [1.82, 2.24) is 14.9 Å². The summed E-state index contributed by atoms with van der Waals surface area (Å²) in [6, 6.07) is 13.3. The third-order valence-electron chi connectivity index (χ3n) is 5.09. The first-order valence-corrected chi connectivity index (χ1v) is 9.42. The molecule has 7 nitrogen and oxygen atoms in total. The summed E-state index contributed by atoms with van der Waals surface area (Å²) in [5.41, 5.74) is 4.24. The van der Waals surface area contributed by atoms with Gasteiger partial charge in [0.15, 0.2) is 4.77 Å². The molecule has 0 amide bonds. The van der Waals surface area contributed by atoms with Gasteiger partial charge in [-0.3, -0.25) is 15.0 Å². The van der Waals surface area contributed by atoms with E-state index in [9.17, 15) is 10.1 Å². The van der Waals surface area contributed by atoms with Gasteiger partial charge in [-0.25, -0.2) is 0 Å². The van der Waals surface area contributed by atoms with Gasteiger partial charge in [-0.1, -0.05) is 18.2 Å². The first-order valence-electron chi connectivity index (χ1n) is 9.02. The van der Waals surface area contributed by atoms with E-state index in [0.29, 0.717) is 4.77 Å². The highest BCUT2D eigenvalue weighted by molar-refractivity contribution is 7.71. The number of nitrogens with one attached hydrogen (secondary N) is 2. The van der Waals surface area contributed by atoms with E-state index < -0.39 is 0 Å². The topological polar surface area (TPSA) is 81.2 Å². The van der Waals surface area contributed by atoms with Crippen LogP contribution in [0.2, 0.25) is 0 Å². The lowest BCUT2D eigenvalue weighted by Crippen LogP contribution is -2.47. The molecule has 0 saturated carbocycles. The average Bonchev–Trinajstić information content (AvgIpc) is 3.06. The van der Waals surface area contributed by atoms with Crippen molar-refractivity contribution in [3.63, 3.8) is 0 Å². The minimum absolute atomic E-state index is 0.183. The number of anilines is 1. The molecule has 1 saturated heterocycles. The molecule has 2 heterocycles. The number of piperazine rings is 1. The van der Waals surface area contributed by atoms with Gasteiger partial charge in [-0.15, -0.1) is 0 Å². The van der Waals surface area contributed by atoms with Crippen molar-refractivity contribution in [1.29, 1.82) is 0 Å². The average molecular weight is 383 g/mol. The zero-order valence-electron chi connectivity index (χ0n) is 14.9. The summed E-state index contributed by atoms with van der Waals surface area (Å²) in [6.45, 7) is 4.38. The summed E-state index contributed by atoms with van der Waals surface area (Å²) in [6.07, 6.45) is 0.965. The summed E-state index contributed by atoms with van der Waals surface area (Å²) < 4.78 is 0.647. The van der Waals surface area contributed by atoms with Crippen LogP contribution in [0.1, 0.15) is 5.56 Å². The van der Waals surface area contributed by atoms with Crippen LogP contribution in [0.4, 0.5) is 11.4 Å². The summed E-state index contributed by atoms with van der Waals surface area (Å²) in [7, 11) is 0. The second-order valence-corrected chi connectivity index (χ2v) is 7.19. The normalized spacial score (nSPS) is 15.3. The lowest BCUT2D eigenvalue weighted by atomic mass is 10.1. The van der Waals surface area contributed by atoms with E-state index in [-0.39, 0.29) is 10.6 Å². The first-order chi connectivity index (χ1) is 13.1. The SMILES string of the molecule is O=[N+]([O-])c1ccccc1N1CCN(CCc2ccc3[nH]c(=S)[nH]c3c2)CC1. The van der Waals surface area contributed by atoms with Crippen molar-refractivity contribution in [2.45, 2.75) is 6.42 Å². The van der Waals surface area contributed by atoms with Crippen molar-refractivity contribution in [3.8, 4) is 0 Å². The van der Waals surface area contributed by atoms with Crippen LogP contribution < -0.4 is 4.90 Å². The Hall–Kier alpha value is -2.71. The van der Waals surface area contributed by atoms with Gasteiger partial charge in [-0.05, 0) is 42.4 Å². The largest absolute Gasteiger partial charge is 0.363 e. The van der Waals surface area contributed by atoms with Gasteiger partial charge in [0.25, 0.3) is 5.69 Å². The second-order valence-electron chi connectivity index (χ2n) is 6.78. The molecule has 0 aliphatic carbocycles. The van der Waals surface area contributed by atoms with Gasteiger partial charge in [-0.2, -0.15) is 0 Å². The van der Waals surface area contributed by atoms with Crippen LogP contribution in [-0.2, 0) is 6.42 Å². The fourth-order valence-corrected chi connectivity index (χ4v) is 3.84. The first kappa shape index (κ1) is 17.7. The molecular formula is C19H21N5O2S. The number of nitro groups is 1. The molecule has 2 aromatic carbocycles. The number of hydrogen-bond acceptors (Lipinski definition) is 5. The minimum Gasteiger partial charge on any atom is -0.363 e. The van der Waals surface area contributed by atoms with Gasteiger partial charge in [0, 0.05) is 38.8 Å². The molecule has 0 unspecified atom stereocenters. The quantitative estimate of drug-likeness (QED) is 0.400. The maximum Gasteiger partial charge on any atom is 0.292 e. The van der Waals surface area contributed by atoms with Crippen molar-refractivity contribution < 1.29 is 4.92 Å². The van der Waals surface area contributed by atoms with Crippen molar-refractivity contribution in [3.05, 3.63) is 62.9 Å². The van der Waals surface area contributed by atoms with Crippen molar-refractivity contribution in [2.24, 2.45) is 0 Å². The predicted molar refractivity (Wildman–Crippen MR) is 109 cm³/mol. The number of H-pyrrole nitrogens is 2. The molecule has 1 aromatic heterocycles. The number of hydrogen-bond donors (Lipinski definition) is 2. The van der Waals surface area contributed by atoms with E-state index in [1.807, 2.05) is 12.1 Å². The number of fused-ring (bicyclic) bond motifs is 1. The molecule has 0 bridgehead atoms.